The number of ether oxygens (including phenoxy) is 1. The summed E-state index contributed by atoms with van der Waals surface area (Å²) in [5.41, 5.74) is 0.729. The molecule has 0 atom stereocenters. The standard InChI is InChI=1S/C15H16Br2N6O2S/c1-3-6-23-21-14(20-22-23)19-15(26)18-12(24)5-4-9-7-10(16)8-11(17)13(9)25-2/h4-5,7-8H,3,6H2,1-2H3,(H2,18,19,21,24,26)/b5-4+. The van der Waals surface area contributed by atoms with Crippen molar-refractivity contribution in [2.45, 2.75) is 19.9 Å². The fourth-order valence-electron chi connectivity index (χ4n) is 1.96. The maximum atomic E-state index is 12.0. The van der Waals surface area contributed by atoms with Gasteiger partial charge in [0.2, 0.25) is 5.91 Å². The number of hydrogen-bond donors (Lipinski definition) is 2. The molecule has 138 valence electrons. The van der Waals surface area contributed by atoms with Crippen molar-refractivity contribution in [3.8, 4) is 5.75 Å². The van der Waals surface area contributed by atoms with Crippen LogP contribution in [-0.2, 0) is 11.3 Å². The van der Waals surface area contributed by atoms with Gasteiger partial charge in [-0.3, -0.25) is 15.4 Å². The Labute approximate surface area is 172 Å². The lowest BCUT2D eigenvalue weighted by molar-refractivity contribution is -0.115. The van der Waals surface area contributed by atoms with Gasteiger partial charge in [-0.15, -0.1) is 5.10 Å². The molecule has 0 fully saturated rings. The zero-order chi connectivity index (χ0) is 19.1. The number of rotatable bonds is 6. The Morgan fingerprint density at radius 3 is 2.88 bits per heavy atom. The number of carbonyl (C=O) groups excluding carboxylic acids is 1. The van der Waals surface area contributed by atoms with E-state index in [0.29, 0.717) is 12.3 Å². The van der Waals surface area contributed by atoms with E-state index >= 15 is 0 Å². The first kappa shape index (κ1) is 20.5. The molecular weight excluding hydrogens is 488 g/mol. The maximum absolute atomic E-state index is 12.0. The summed E-state index contributed by atoms with van der Waals surface area (Å²) in [6, 6.07) is 3.69. The van der Waals surface area contributed by atoms with Gasteiger partial charge < -0.3 is 4.74 Å². The minimum Gasteiger partial charge on any atom is -0.495 e. The molecule has 0 bridgehead atoms. The smallest absolute Gasteiger partial charge is 0.269 e. The van der Waals surface area contributed by atoms with Gasteiger partial charge in [0.25, 0.3) is 5.95 Å². The number of hydrogen-bond acceptors (Lipinski definition) is 6. The highest BCUT2D eigenvalue weighted by Crippen LogP contribution is 2.33. The van der Waals surface area contributed by atoms with Crippen molar-refractivity contribution < 1.29 is 9.53 Å². The van der Waals surface area contributed by atoms with Crippen molar-refractivity contribution in [2.75, 3.05) is 12.4 Å². The number of thiocarbonyl (C=S) groups is 1. The van der Waals surface area contributed by atoms with Crippen molar-refractivity contribution in [1.82, 2.24) is 25.5 Å². The molecule has 0 radical (unpaired) electrons. The first-order valence-corrected chi connectivity index (χ1v) is 9.53. The Balaban J connectivity index is 1.97. The predicted octanol–water partition coefficient (Wildman–Crippen LogP) is 3.14. The lowest BCUT2D eigenvalue weighted by Crippen LogP contribution is -2.33. The largest absolute Gasteiger partial charge is 0.495 e. The zero-order valence-electron chi connectivity index (χ0n) is 14.0. The quantitative estimate of drug-likeness (QED) is 0.462. The Hall–Kier alpha value is -1.85. The van der Waals surface area contributed by atoms with Gasteiger partial charge in [0.15, 0.2) is 5.11 Å². The van der Waals surface area contributed by atoms with Crippen LogP contribution in [0.25, 0.3) is 6.08 Å². The van der Waals surface area contributed by atoms with Gasteiger partial charge in [-0.05, 0) is 58.0 Å². The van der Waals surface area contributed by atoms with Crippen LogP contribution in [0.15, 0.2) is 27.2 Å². The molecule has 1 heterocycles. The molecular formula is C15H16Br2N6O2S. The minimum absolute atomic E-state index is 0.0816. The van der Waals surface area contributed by atoms with Gasteiger partial charge in [0.05, 0.1) is 18.1 Å². The molecule has 0 saturated carbocycles. The van der Waals surface area contributed by atoms with E-state index in [1.807, 2.05) is 19.1 Å². The van der Waals surface area contributed by atoms with Crippen molar-refractivity contribution in [1.29, 1.82) is 0 Å². The summed E-state index contributed by atoms with van der Waals surface area (Å²) in [6.07, 6.45) is 3.87. The number of amides is 1. The van der Waals surface area contributed by atoms with Crippen molar-refractivity contribution >= 4 is 67.1 Å². The topological polar surface area (TPSA) is 94.0 Å². The number of halogens is 2. The monoisotopic (exact) mass is 502 g/mol. The summed E-state index contributed by atoms with van der Waals surface area (Å²) in [5, 5.41) is 17.1. The summed E-state index contributed by atoms with van der Waals surface area (Å²) < 4.78 is 6.95. The lowest BCUT2D eigenvalue weighted by atomic mass is 10.2. The molecule has 2 rings (SSSR count). The van der Waals surface area contributed by atoms with Crippen LogP contribution in [0.3, 0.4) is 0 Å². The molecule has 26 heavy (non-hydrogen) atoms. The molecule has 0 aliphatic rings. The molecule has 0 saturated heterocycles. The molecule has 0 spiro atoms. The highest BCUT2D eigenvalue weighted by Gasteiger charge is 2.09. The minimum atomic E-state index is -0.401. The van der Waals surface area contributed by atoms with Crippen molar-refractivity contribution in [3.05, 3.63) is 32.7 Å². The Kier molecular flexibility index (Phi) is 7.66. The van der Waals surface area contributed by atoms with Gasteiger partial charge in [-0.1, -0.05) is 28.0 Å². The maximum Gasteiger partial charge on any atom is 0.269 e. The predicted molar refractivity (Wildman–Crippen MR) is 110 cm³/mol. The molecule has 0 unspecified atom stereocenters. The van der Waals surface area contributed by atoms with E-state index in [1.165, 1.54) is 10.9 Å². The Morgan fingerprint density at radius 1 is 1.42 bits per heavy atom. The van der Waals surface area contributed by atoms with Gasteiger partial charge in [0, 0.05) is 16.1 Å². The SMILES string of the molecule is CCCn1nnc(NC(=S)NC(=O)/C=C/c2cc(Br)cc(Br)c2OC)n1. The number of aryl methyl sites for hydroxylation is 1. The molecule has 11 heteroatoms. The van der Waals surface area contributed by atoms with E-state index in [4.69, 9.17) is 17.0 Å². The fourth-order valence-corrected chi connectivity index (χ4v) is 3.57. The highest BCUT2D eigenvalue weighted by atomic mass is 79.9. The number of anilines is 1. The average Bonchev–Trinajstić information content (AvgIpc) is 2.99. The van der Waals surface area contributed by atoms with E-state index < -0.39 is 5.91 Å². The van der Waals surface area contributed by atoms with Gasteiger partial charge in [-0.25, -0.2) is 0 Å². The second-order valence-electron chi connectivity index (χ2n) is 5.00. The number of nitrogens with one attached hydrogen (secondary N) is 2. The average molecular weight is 504 g/mol. The van der Waals surface area contributed by atoms with Crippen LogP contribution in [0.1, 0.15) is 18.9 Å². The van der Waals surface area contributed by atoms with E-state index in [2.05, 4.69) is 57.9 Å². The van der Waals surface area contributed by atoms with Crippen LogP contribution in [0.4, 0.5) is 5.95 Å². The van der Waals surface area contributed by atoms with E-state index in [-0.39, 0.29) is 11.1 Å². The number of tetrazole rings is 1. The fraction of sp³-hybridized carbons (Fsp3) is 0.267. The molecule has 0 aliphatic carbocycles. The molecule has 2 N–H and O–H groups in total. The molecule has 0 aliphatic heterocycles. The third kappa shape index (κ3) is 5.85. The summed E-state index contributed by atoms with van der Waals surface area (Å²) >= 11 is 11.9. The third-order valence-electron chi connectivity index (χ3n) is 2.99. The second kappa shape index (κ2) is 9.74. The van der Waals surface area contributed by atoms with Crippen LogP contribution >= 0.6 is 44.1 Å². The normalized spacial score (nSPS) is 10.8. The van der Waals surface area contributed by atoms with Crippen LogP contribution < -0.4 is 15.4 Å². The number of carbonyl (C=O) groups is 1. The zero-order valence-corrected chi connectivity index (χ0v) is 18.0. The molecule has 1 aromatic carbocycles. The van der Waals surface area contributed by atoms with Gasteiger partial charge in [0.1, 0.15) is 5.75 Å². The number of nitrogens with zero attached hydrogens (tertiary/aromatic N) is 4. The molecule has 1 amide bonds. The van der Waals surface area contributed by atoms with Crippen molar-refractivity contribution in [3.63, 3.8) is 0 Å². The summed E-state index contributed by atoms with van der Waals surface area (Å²) in [7, 11) is 1.56. The second-order valence-corrected chi connectivity index (χ2v) is 7.17. The van der Waals surface area contributed by atoms with Gasteiger partial charge in [-0.2, -0.15) is 4.80 Å². The third-order valence-corrected chi connectivity index (χ3v) is 4.25. The van der Waals surface area contributed by atoms with Crippen LogP contribution in [-0.4, -0.2) is 38.3 Å². The first-order valence-electron chi connectivity index (χ1n) is 7.53. The van der Waals surface area contributed by atoms with E-state index in [1.54, 1.807) is 13.2 Å². The van der Waals surface area contributed by atoms with Gasteiger partial charge >= 0.3 is 0 Å². The Morgan fingerprint density at radius 2 is 2.19 bits per heavy atom. The number of benzene rings is 1. The van der Waals surface area contributed by atoms with E-state index in [0.717, 1.165) is 20.9 Å². The summed E-state index contributed by atoms with van der Waals surface area (Å²) in [4.78, 5) is 13.5. The number of aromatic nitrogens is 4. The Bertz CT molecular complexity index is 840. The first-order chi connectivity index (χ1) is 12.4. The van der Waals surface area contributed by atoms with Crippen molar-refractivity contribution in [2.24, 2.45) is 0 Å². The summed E-state index contributed by atoms with van der Waals surface area (Å²) in [6.45, 7) is 2.66. The van der Waals surface area contributed by atoms with E-state index in [9.17, 15) is 4.79 Å². The highest BCUT2D eigenvalue weighted by molar-refractivity contribution is 9.11. The number of methoxy groups -OCH3 is 1. The van der Waals surface area contributed by atoms with Crippen LogP contribution in [0.2, 0.25) is 0 Å². The molecule has 1 aromatic heterocycles. The van der Waals surface area contributed by atoms with Crippen LogP contribution in [0.5, 0.6) is 5.75 Å². The van der Waals surface area contributed by atoms with Crippen LogP contribution in [0, 0.1) is 0 Å². The summed E-state index contributed by atoms with van der Waals surface area (Å²) in [5.74, 6) is 0.446. The lowest BCUT2D eigenvalue weighted by Gasteiger charge is -2.08. The molecule has 8 nitrogen and oxygen atoms in total. The molecule has 2 aromatic rings.